The summed E-state index contributed by atoms with van der Waals surface area (Å²) in [5, 5.41) is 31.9. The first kappa shape index (κ1) is 30.9. The zero-order valence-electron chi connectivity index (χ0n) is 26.6. The van der Waals surface area contributed by atoms with E-state index < -0.39 is 17.7 Å². The molecule has 12 heteroatoms. The lowest BCUT2D eigenvalue weighted by atomic mass is 9.53. The summed E-state index contributed by atoms with van der Waals surface area (Å²) in [6.45, 7) is 1.87. The molecular weight excluding hydrogens is 596 g/mol. The van der Waals surface area contributed by atoms with Crippen molar-refractivity contribution in [2.24, 2.45) is 23.7 Å². The van der Waals surface area contributed by atoms with E-state index in [1.54, 1.807) is 6.92 Å². The number of nitrogens with one attached hydrogen (secondary N) is 4. The number of aromatic amines is 2. The molecular formula is C35H42N8O4. The Balaban J connectivity index is 1.17. The van der Waals surface area contributed by atoms with Crippen molar-refractivity contribution in [3.05, 3.63) is 77.7 Å². The standard InChI is InChI=1S/C35H42N8O4/c1-35(18-26-19-36-28-10-6-5-9-27(26)28,43(34(46)47)32-24-14-21-13-22(16-24)17-25(32)15-21)33(45)37-20-29(23-7-3-2-4-8-23)38-31(44)12-11-30-39-41-42-40-30/h2-10,19,21-22,24-25,29,32,36H,11-18,20H2,1H3,(H,37,45)(H,38,44)(H,46,47)(H,39,40,41,42)/t21?,22?,24?,25?,29-,32?,35+/m0/s1. The molecule has 5 N–H and O–H groups in total. The van der Waals surface area contributed by atoms with Gasteiger partial charge in [-0.25, -0.2) is 4.79 Å². The van der Waals surface area contributed by atoms with E-state index >= 15 is 0 Å². The molecule has 4 fully saturated rings. The molecule has 4 aromatic rings. The molecule has 0 saturated heterocycles. The second-order valence-electron chi connectivity index (χ2n) is 14.0. The highest BCUT2D eigenvalue weighted by atomic mass is 16.4. The fourth-order valence-corrected chi connectivity index (χ4v) is 9.01. The van der Waals surface area contributed by atoms with Crippen LogP contribution in [0.1, 0.15) is 68.4 Å². The van der Waals surface area contributed by atoms with Gasteiger partial charge < -0.3 is 20.7 Å². The monoisotopic (exact) mass is 638 g/mol. The van der Waals surface area contributed by atoms with E-state index in [-0.39, 0.29) is 49.1 Å². The number of amides is 3. The molecule has 3 amide bonds. The van der Waals surface area contributed by atoms with E-state index in [2.05, 4.69) is 36.2 Å². The zero-order valence-corrected chi connectivity index (χ0v) is 26.6. The number of carbonyl (C=O) groups excluding carboxylic acids is 2. The van der Waals surface area contributed by atoms with E-state index in [0.717, 1.165) is 47.7 Å². The molecule has 2 aromatic carbocycles. The van der Waals surface area contributed by atoms with Crippen LogP contribution < -0.4 is 10.6 Å². The van der Waals surface area contributed by atoms with E-state index in [4.69, 9.17) is 0 Å². The summed E-state index contributed by atoms with van der Waals surface area (Å²) in [5.74, 6) is 1.68. The number of nitrogens with zero attached hydrogens (tertiary/aromatic N) is 4. The first-order chi connectivity index (χ1) is 22.8. The van der Waals surface area contributed by atoms with Gasteiger partial charge in [0, 0.05) is 48.9 Å². The number of benzene rings is 2. The Kier molecular flexibility index (Phi) is 8.42. The molecule has 8 rings (SSSR count). The smallest absolute Gasteiger partial charge is 0.408 e. The van der Waals surface area contributed by atoms with Crippen molar-refractivity contribution >= 4 is 28.8 Å². The molecule has 4 bridgehead atoms. The highest BCUT2D eigenvalue weighted by molar-refractivity contribution is 5.91. The van der Waals surface area contributed by atoms with Gasteiger partial charge in [-0.3, -0.25) is 14.5 Å². The van der Waals surface area contributed by atoms with Gasteiger partial charge in [-0.05, 0) is 79.9 Å². The summed E-state index contributed by atoms with van der Waals surface area (Å²) in [4.78, 5) is 45.9. The molecule has 4 aliphatic carbocycles. The molecule has 0 aliphatic heterocycles. The number of H-pyrrole nitrogens is 2. The molecule has 4 aliphatic rings. The number of aryl methyl sites for hydroxylation is 1. The predicted octanol–water partition coefficient (Wildman–Crippen LogP) is 4.39. The third-order valence-corrected chi connectivity index (χ3v) is 10.9. The van der Waals surface area contributed by atoms with Gasteiger partial charge in [0.25, 0.3) is 0 Å². The lowest BCUT2D eigenvalue weighted by molar-refractivity contribution is -0.140. The average molecular weight is 639 g/mol. The van der Waals surface area contributed by atoms with Gasteiger partial charge in [0.2, 0.25) is 11.8 Å². The second kappa shape index (κ2) is 12.8. The van der Waals surface area contributed by atoms with Crippen molar-refractivity contribution in [3.63, 3.8) is 0 Å². The lowest BCUT2D eigenvalue weighted by Gasteiger charge is -2.59. The van der Waals surface area contributed by atoms with Crippen LogP contribution in [0.25, 0.3) is 10.9 Å². The number of hydrogen-bond acceptors (Lipinski definition) is 6. The average Bonchev–Trinajstić information content (AvgIpc) is 3.74. The number of fused-ring (bicyclic) bond motifs is 1. The van der Waals surface area contributed by atoms with Crippen LogP contribution in [0.2, 0.25) is 0 Å². The first-order valence-corrected chi connectivity index (χ1v) is 16.7. The fraction of sp³-hybridized carbons (Fsp3) is 0.486. The number of tetrazole rings is 1. The Bertz CT molecular complexity index is 1700. The summed E-state index contributed by atoms with van der Waals surface area (Å²) in [6.07, 6.45) is 6.87. The van der Waals surface area contributed by atoms with Crippen LogP contribution in [0.15, 0.2) is 60.8 Å². The molecule has 0 radical (unpaired) electrons. The number of rotatable bonds is 12. The normalized spacial score (nSPS) is 24.8. The largest absolute Gasteiger partial charge is 0.465 e. The molecule has 47 heavy (non-hydrogen) atoms. The highest BCUT2D eigenvalue weighted by Gasteiger charge is 2.56. The molecule has 2 heterocycles. The van der Waals surface area contributed by atoms with E-state index in [1.165, 1.54) is 11.3 Å². The minimum atomic E-state index is -1.40. The van der Waals surface area contributed by atoms with Crippen LogP contribution in [0.4, 0.5) is 4.79 Å². The van der Waals surface area contributed by atoms with Crippen molar-refractivity contribution in [1.82, 2.24) is 41.1 Å². The van der Waals surface area contributed by atoms with Gasteiger partial charge in [-0.15, -0.1) is 10.2 Å². The van der Waals surface area contributed by atoms with Crippen molar-refractivity contribution in [3.8, 4) is 0 Å². The zero-order chi connectivity index (χ0) is 32.5. The number of para-hydroxylation sites is 1. The van der Waals surface area contributed by atoms with Gasteiger partial charge in [-0.1, -0.05) is 53.7 Å². The Labute approximate surface area is 273 Å². The van der Waals surface area contributed by atoms with Crippen molar-refractivity contribution in [1.29, 1.82) is 0 Å². The third-order valence-electron chi connectivity index (χ3n) is 10.9. The molecule has 4 saturated carbocycles. The highest BCUT2D eigenvalue weighted by Crippen LogP contribution is 2.56. The van der Waals surface area contributed by atoms with Crippen molar-refractivity contribution in [2.45, 2.75) is 75.9 Å². The van der Waals surface area contributed by atoms with Crippen LogP contribution in [0.3, 0.4) is 0 Å². The van der Waals surface area contributed by atoms with Gasteiger partial charge >= 0.3 is 6.09 Å². The predicted molar refractivity (Wildman–Crippen MR) is 174 cm³/mol. The minimum absolute atomic E-state index is 0.0927. The van der Waals surface area contributed by atoms with Gasteiger partial charge in [0.15, 0.2) is 5.82 Å². The van der Waals surface area contributed by atoms with Gasteiger partial charge in [0.05, 0.1) is 6.04 Å². The van der Waals surface area contributed by atoms with Crippen molar-refractivity contribution < 1.29 is 19.5 Å². The summed E-state index contributed by atoms with van der Waals surface area (Å²) in [5.41, 5.74) is 1.26. The molecule has 12 nitrogen and oxygen atoms in total. The van der Waals surface area contributed by atoms with Gasteiger partial charge in [0.1, 0.15) is 5.54 Å². The van der Waals surface area contributed by atoms with Crippen LogP contribution in [-0.4, -0.2) is 71.6 Å². The Morgan fingerprint density at radius 1 is 1.00 bits per heavy atom. The summed E-state index contributed by atoms with van der Waals surface area (Å²) in [7, 11) is 0. The van der Waals surface area contributed by atoms with Crippen LogP contribution >= 0.6 is 0 Å². The molecule has 246 valence electrons. The Morgan fingerprint density at radius 2 is 1.70 bits per heavy atom. The van der Waals surface area contributed by atoms with E-state index in [0.29, 0.717) is 24.1 Å². The Hall–Kier alpha value is -4.74. The molecule has 0 unspecified atom stereocenters. The fourth-order valence-electron chi connectivity index (χ4n) is 9.01. The quantitative estimate of drug-likeness (QED) is 0.153. The SMILES string of the molecule is C[C@@](Cc1c[nH]c2ccccc12)(C(=O)NC[C@H](NC(=O)CCc1nn[nH]n1)c1ccccc1)N(C(=O)O)C1C2CC3CC(C2)CC1C3. The van der Waals surface area contributed by atoms with Gasteiger partial charge in [-0.2, -0.15) is 5.21 Å². The maximum absolute atomic E-state index is 14.6. The maximum atomic E-state index is 14.6. The lowest BCUT2D eigenvalue weighted by Crippen LogP contribution is -2.68. The third kappa shape index (κ3) is 6.20. The number of hydrogen-bond donors (Lipinski definition) is 5. The second-order valence-corrected chi connectivity index (χ2v) is 14.0. The molecule has 0 spiro atoms. The minimum Gasteiger partial charge on any atom is -0.465 e. The number of aromatic nitrogens is 5. The van der Waals surface area contributed by atoms with Crippen LogP contribution in [0.5, 0.6) is 0 Å². The molecule has 2 aromatic heterocycles. The summed E-state index contributed by atoms with van der Waals surface area (Å²) >= 11 is 0. The maximum Gasteiger partial charge on any atom is 0.408 e. The Morgan fingerprint density at radius 3 is 2.38 bits per heavy atom. The van der Waals surface area contributed by atoms with E-state index in [9.17, 15) is 19.5 Å². The molecule has 2 atom stereocenters. The van der Waals surface area contributed by atoms with Crippen molar-refractivity contribution in [2.75, 3.05) is 6.54 Å². The van der Waals surface area contributed by atoms with Crippen LogP contribution in [0, 0.1) is 23.7 Å². The topological polar surface area (TPSA) is 169 Å². The summed E-state index contributed by atoms with van der Waals surface area (Å²) in [6, 6.07) is 16.6. The van der Waals surface area contributed by atoms with E-state index in [1.807, 2.05) is 60.8 Å². The number of carbonyl (C=O) groups is 3. The first-order valence-electron chi connectivity index (χ1n) is 16.7. The van der Waals surface area contributed by atoms with Crippen LogP contribution in [-0.2, 0) is 22.4 Å². The summed E-state index contributed by atoms with van der Waals surface area (Å²) < 4.78 is 0. The number of carboxylic acid groups (broad SMARTS) is 1.